The Morgan fingerprint density at radius 3 is 2.68 bits per heavy atom. The molecule has 1 aliphatic heterocycles. The Morgan fingerprint density at radius 2 is 2.04 bits per heavy atom. The van der Waals surface area contributed by atoms with E-state index in [1.807, 2.05) is 53.9 Å². The van der Waals surface area contributed by atoms with Crippen LogP contribution >= 0.6 is 11.3 Å². The van der Waals surface area contributed by atoms with Crippen LogP contribution in [-0.2, 0) is 11.3 Å². The highest BCUT2D eigenvalue weighted by Gasteiger charge is 2.56. The van der Waals surface area contributed by atoms with Gasteiger partial charge in [-0.05, 0) is 35.6 Å². The molecule has 2 aromatic rings. The fourth-order valence-corrected chi connectivity index (χ4v) is 3.87. The Balaban J connectivity index is 1.79. The molecule has 1 aromatic heterocycles. The number of likely N-dealkylation sites (tertiary alicyclic amines) is 1. The fraction of sp³-hybridized carbons (Fsp3) is 0.263. The van der Waals surface area contributed by atoms with Crippen LogP contribution < -0.4 is 0 Å². The summed E-state index contributed by atoms with van der Waals surface area (Å²) >= 11 is 1.59. The number of carbonyl (C=O) groups is 2. The lowest BCUT2D eigenvalue weighted by Gasteiger charge is -2.27. The molecule has 25 heavy (non-hydrogen) atoms. The van der Waals surface area contributed by atoms with Gasteiger partial charge in [0.15, 0.2) is 0 Å². The number of ether oxygens (including phenoxy) is 1. The highest BCUT2D eigenvalue weighted by Crippen LogP contribution is 2.34. The molecule has 1 aromatic carbocycles. The van der Waals surface area contributed by atoms with Gasteiger partial charge in [0.25, 0.3) is 0 Å². The summed E-state index contributed by atoms with van der Waals surface area (Å²) in [5.41, 5.74) is 1.79. The lowest BCUT2D eigenvalue weighted by atomic mass is 10.1. The van der Waals surface area contributed by atoms with Gasteiger partial charge in [-0.1, -0.05) is 36.4 Å². The maximum atomic E-state index is 12.7. The van der Waals surface area contributed by atoms with Crippen molar-refractivity contribution in [3.63, 3.8) is 0 Å². The van der Waals surface area contributed by atoms with Crippen molar-refractivity contribution in [2.45, 2.75) is 26.0 Å². The van der Waals surface area contributed by atoms with Crippen molar-refractivity contribution in [1.29, 1.82) is 0 Å². The lowest BCUT2D eigenvalue weighted by Crippen LogP contribution is -2.58. The average molecular weight is 358 g/mol. The van der Waals surface area contributed by atoms with Gasteiger partial charge in [-0.2, -0.15) is 9.59 Å². The third-order valence-electron chi connectivity index (χ3n) is 4.52. The van der Waals surface area contributed by atoms with Gasteiger partial charge in [-0.15, -0.1) is 15.8 Å². The summed E-state index contributed by atoms with van der Waals surface area (Å²) < 4.78 is 4.65. The standard InChI is InChI=1S/C19H19NO4S/c1-14-10-16(11-17-8-5-9-25-17)12-20(14,18(21)22)19(23)24-13-15-6-3-2-4-7-15/h2-9,11,14H,10,12-13H2,1H3/p+1/t14-,20?/m1/s1. The summed E-state index contributed by atoms with van der Waals surface area (Å²) in [6, 6.07) is 12.8. The Labute approximate surface area is 150 Å². The number of carbonyl (C=O) groups excluding carboxylic acids is 1. The Morgan fingerprint density at radius 1 is 1.28 bits per heavy atom. The van der Waals surface area contributed by atoms with Gasteiger partial charge in [0.1, 0.15) is 19.2 Å². The topological polar surface area (TPSA) is 63.6 Å². The molecule has 0 saturated carbocycles. The number of hydrogen-bond acceptors (Lipinski definition) is 4. The third kappa shape index (κ3) is 3.50. The van der Waals surface area contributed by atoms with Crippen molar-refractivity contribution >= 4 is 29.6 Å². The maximum absolute atomic E-state index is 12.7. The predicted molar refractivity (Wildman–Crippen MR) is 96.2 cm³/mol. The van der Waals surface area contributed by atoms with Gasteiger partial charge in [-0.25, -0.2) is 0 Å². The number of quaternary nitrogens is 1. The first-order valence-electron chi connectivity index (χ1n) is 8.08. The third-order valence-corrected chi connectivity index (χ3v) is 5.34. The second kappa shape index (κ2) is 7.21. The van der Waals surface area contributed by atoms with E-state index >= 15 is 0 Å². The van der Waals surface area contributed by atoms with E-state index < -0.39 is 16.7 Å². The van der Waals surface area contributed by atoms with Crippen LogP contribution in [-0.4, -0.2) is 34.4 Å². The summed E-state index contributed by atoms with van der Waals surface area (Å²) in [6.07, 6.45) is 0.665. The normalized spacial score (nSPS) is 24.4. The minimum Gasteiger partial charge on any atom is -0.435 e. The maximum Gasteiger partial charge on any atom is 0.527 e. The molecule has 1 saturated heterocycles. The molecule has 0 radical (unpaired) electrons. The number of carboxylic acid groups (broad SMARTS) is 1. The van der Waals surface area contributed by atoms with Crippen molar-refractivity contribution in [3.8, 4) is 0 Å². The zero-order valence-corrected chi connectivity index (χ0v) is 14.7. The molecule has 1 fully saturated rings. The van der Waals surface area contributed by atoms with E-state index in [1.165, 1.54) is 0 Å². The quantitative estimate of drug-likeness (QED) is 0.804. The summed E-state index contributed by atoms with van der Waals surface area (Å²) in [5, 5.41) is 11.8. The van der Waals surface area contributed by atoms with Gasteiger partial charge < -0.3 is 9.84 Å². The molecule has 1 aliphatic rings. The van der Waals surface area contributed by atoms with Crippen LogP contribution in [0.3, 0.4) is 0 Å². The zero-order chi connectivity index (χ0) is 17.9. The molecule has 2 amide bonds. The number of benzene rings is 1. The molecule has 130 valence electrons. The number of nitrogens with zero attached hydrogens (tertiary/aromatic N) is 1. The first-order chi connectivity index (χ1) is 12.0. The fourth-order valence-electron chi connectivity index (χ4n) is 3.17. The summed E-state index contributed by atoms with van der Waals surface area (Å²) in [6.45, 7) is 2.00. The smallest absolute Gasteiger partial charge is 0.435 e. The molecule has 6 heteroatoms. The van der Waals surface area contributed by atoms with Gasteiger partial charge >= 0.3 is 12.2 Å². The molecular weight excluding hydrogens is 338 g/mol. The van der Waals surface area contributed by atoms with E-state index in [2.05, 4.69) is 0 Å². The van der Waals surface area contributed by atoms with Crippen LogP contribution in [0.25, 0.3) is 6.08 Å². The van der Waals surface area contributed by atoms with Gasteiger partial charge in [-0.3, -0.25) is 0 Å². The predicted octanol–water partition coefficient (Wildman–Crippen LogP) is 4.76. The molecule has 0 spiro atoms. The van der Waals surface area contributed by atoms with Crippen molar-refractivity contribution in [1.82, 2.24) is 0 Å². The minimum atomic E-state index is -1.17. The van der Waals surface area contributed by atoms with Gasteiger partial charge in [0, 0.05) is 11.3 Å². The van der Waals surface area contributed by atoms with E-state index in [0.29, 0.717) is 6.42 Å². The Bertz CT molecular complexity index is 785. The summed E-state index contributed by atoms with van der Waals surface area (Å²) in [7, 11) is 0. The first kappa shape index (κ1) is 17.4. The monoisotopic (exact) mass is 358 g/mol. The van der Waals surface area contributed by atoms with E-state index in [9.17, 15) is 14.7 Å². The van der Waals surface area contributed by atoms with Crippen molar-refractivity contribution < 1.29 is 23.9 Å². The molecule has 1 unspecified atom stereocenters. The number of rotatable bonds is 3. The van der Waals surface area contributed by atoms with Crippen LogP contribution in [0.4, 0.5) is 9.59 Å². The highest BCUT2D eigenvalue weighted by atomic mass is 32.1. The largest absolute Gasteiger partial charge is 0.527 e. The van der Waals surface area contributed by atoms with E-state index in [0.717, 1.165) is 16.0 Å². The van der Waals surface area contributed by atoms with Crippen LogP contribution in [0.15, 0.2) is 53.4 Å². The molecular formula is C19H20NO4S+. The number of thiophene rings is 1. The van der Waals surface area contributed by atoms with Crippen molar-refractivity contribution in [3.05, 3.63) is 63.9 Å². The van der Waals surface area contributed by atoms with Gasteiger partial charge in [0.2, 0.25) is 0 Å². The molecule has 2 heterocycles. The van der Waals surface area contributed by atoms with Crippen molar-refractivity contribution in [2.75, 3.05) is 6.54 Å². The molecule has 2 atom stereocenters. The van der Waals surface area contributed by atoms with Crippen molar-refractivity contribution in [2.24, 2.45) is 0 Å². The second-order valence-corrected chi connectivity index (χ2v) is 7.20. The summed E-state index contributed by atoms with van der Waals surface area (Å²) in [4.78, 5) is 25.7. The molecule has 3 rings (SSSR count). The molecule has 0 bridgehead atoms. The Hall–Kier alpha value is -2.44. The SMILES string of the molecule is C[C@@H]1CC(=Cc2cccs2)C[N+]1(C(=O)O)C(=O)OCc1ccccc1. The summed E-state index contributed by atoms with van der Waals surface area (Å²) in [5.74, 6) is 0. The van der Waals surface area contributed by atoms with Crippen LogP contribution in [0.1, 0.15) is 23.8 Å². The number of hydrogen-bond donors (Lipinski definition) is 1. The Kier molecular flexibility index (Phi) is 5.01. The average Bonchev–Trinajstić information content (AvgIpc) is 3.22. The number of imide groups is 1. The lowest BCUT2D eigenvalue weighted by molar-refractivity contribution is -0.793. The first-order valence-corrected chi connectivity index (χ1v) is 8.96. The minimum absolute atomic E-state index is 0.0731. The number of amides is 2. The van der Waals surface area contributed by atoms with Crippen LogP contribution in [0.2, 0.25) is 0 Å². The highest BCUT2D eigenvalue weighted by molar-refractivity contribution is 7.10. The molecule has 1 N–H and O–H groups in total. The molecule has 0 aliphatic carbocycles. The van der Waals surface area contributed by atoms with Crippen LogP contribution in [0.5, 0.6) is 0 Å². The molecule has 5 nitrogen and oxygen atoms in total. The van der Waals surface area contributed by atoms with E-state index in [1.54, 1.807) is 18.3 Å². The van der Waals surface area contributed by atoms with E-state index in [-0.39, 0.29) is 19.2 Å². The second-order valence-electron chi connectivity index (χ2n) is 6.22. The zero-order valence-electron chi connectivity index (χ0n) is 13.9. The van der Waals surface area contributed by atoms with Crippen LogP contribution in [0, 0.1) is 0 Å². The van der Waals surface area contributed by atoms with Gasteiger partial charge in [0.05, 0.1) is 0 Å². The van der Waals surface area contributed by atoms with E-state index in [4.69, 9.17) is 4.74 Å².